The van der Waals surface area contributed by atoms with Crippen LogP contribution in [0.25, 0.3) is 11.2 Å². The maximum absolute atomic E-state index is 11.1. The van der Waals surface area contributed by atoms with Crippen molar-refractivity contribution in [3.8, 4) is 0 Å². The molecule has 3 N–H and O–H groups in total. The molecule has 62 valence electrons. The maximum Gasteiger partial charge on any atom is 0.304 e. The quantitative estimate of drug-likeness (QED) is 0.502. The average Bonchev–Trinajstić information content (AvgIpc) is 2.48. The minimum Gasteiger partial charge on any atom is -0.369 e. The van der Waals surface area contributed by atoms with E-state index in [2.05, 4.69) is 20.4 Å². The topological polar surface area (TPSA) is 102 Å². The zero-order valence-electron chi connectivity index (χ0n) is 6.27. The van der Waals surface area contributed by atoms with Gasteiger partial charge < -0.3 is 5.73 Å². The summed E-state index contributed by atoms with van der Waals surface area (Å²) in [7, 11) is 1.66. The Bertz CT molecular complexity index is 482. The highest BCUT2D eigenvalue weighted by molar-refractivity contribution is 5.69. The summed E-state index contributed by atoms with van der Waals surface area (Å²) in [5, 5.41) is 9.71. The van der Waals surface area contributed by atoms with E-state index in [0.717, 1.165) is 0 Å². The van der Waals surface area contributed by atoms with Crippen LogP contribution in [0.4, 0.5) is 5.95 Å². The monoisotopic (exact) mass is 166 g/mol. The molecule has 0 atom stereocenters. The number of nitrogens with two attached hydrogens (primary N) is 1. The summed E-state index contributed by atoms with van der Waals surface area (Å²) in [5.41, 5.74) is 5.56. The fraction of sp³-hybridized carbons (Fsp3) is 0.200. The number of hydrogen-bond donors (Lipinski definition) is 2. The van der Waals surface area contributed by atoms with Crippen molar-refractivity contribution in [3.05, 3.63) is 10.4 Å². The van der Waals surface area contributed by atoms with Crippen LogP contribution >= 0.6 is 0 Å². The van der Waals surface area contributed by atoms with Crippen molar-refractivity contribution in [1.82, 2.24) is 25.0 Å². The molecule has 0 aliphatic heterocycles. The lowest BCUT2D eigenvalue weighted by atomic mass is 10.5. The first kappa shape index (κ1) is 6.77. The summed E-state index contributed by atoms with van der Waals surface area (Å²) in [5.74, 6) is 0.126. The minimum absolute atomic E-state index is 0.126. The lowest BCUT2D eigenvalue weighted by molar-refractivity contribution is 0.888. The van der Waals surface area contributed by atoms with Crippen molar-refractivity contribution < 1.29 is 0 Å². The Balaban J connectivity index is 3.07. The molecule has 0 amide bonds. The van der Waals surface area contributed by atoms with E-state index in [-0.39, 0.29) is 11.5 Å². The van der Waals surface area contributed by atoms with Gasteiger partial charge in [0.25, 0.3) is 0 Å². The predicted molar refractivity (Wildman–Crippen MR) is 41.3 cm³/mol. The summed E-state index contributed by atoms with van der Waals surface area (Å²) in [4.78, 5) is 14.6. The molecule has 0 bridgehead atoms. The van der Waals surface area contributed by atoms with Gasteiger partial charge in [-0.3, -0.25) is 9.36 Å². The molecule has 2 aromatic rings. The van der Waals surface area contributed by atoms with Crippen molar-refractivity contribution in [2.75, 3.05) is 5.73 Å². The molecule has 7 nitrogen and oxygen atoms in total. The average molecular weight is 166 g/mol. The van der Waals surface area contributed by atoms with Crippen LogP contribution in [-0.2, 0) is 7.05 Å². The molecule has 0 aliphatic rings. The van der Waals surface area contributed by atoms with E-state index in [1.807, 2.05) is 0 Å². The third-order valence-corrected chi connectivity index (χ3v) is 1.61. The van der Waals surface area contributed by atoms with Crippen LogP contribution in [0.5, 0.6) is 0 Å². The van der Waals surface area contributed by atoms with E-state index in [0.29, 0.717) is 5.65 Å². The highest BCUT2D eigenvalue weighted by Gasteiger charge is 2.08. The molecule has 0 saturated carbocycles. The van der Waals surface area contributed by atoms with E-state index in [9.17, 15) is 4.79 Å². The molecule has 0 radical (unpaired) electrons. The molecule has 0 unspecified atom stereocenters. The normalized spacial score (nSPS) is 10.8. The number of nitrogens with zero attached hydrogens (tertiary/aromatic N) is 4. The number of anilines is 1. The first-order chi connectivity index (χ1) is 5.70. The van der Waals surface area contributed by atoms with Crippen LogP contribution in [-0.4, -0.2) is 25.0 Å². The number of nitrogens with one attached hydrogen (secondary N) is 1. The Morgan fingerprint density at radius 3 is 3.00 bits per heavy atom. The van der Waals surface area contributed by atoms with Crippen molar-refractivity contribution in [1.29, 1.82) is 0 Å². The summed E-state index contributed by atoms with van der Waals surface area (Å²) in [6.07, 6.45) is 0. The van der Waals surface area contributed by atoms with Gasteiger partial charge in [0.15, 0.2) is 11.2 Å². The predicted octanol–water partition coefficient (Wildman–Crippen LogP) is -1.37. The molecule has 2 rings (SSSR count). The molecule has 0 saturated heterocycles. The Hall–Kier alpha value is -1.92. The fourth-order valence-corrected chi connectivity index (χ4v) is 0.943. The van der Waals surface area contributed by atoms with Gasteiger partial charge in [-0.05, 0) is 0 Å². The Morgan fingerprint density at radius 1 is 1.50 bits per heavy atom. The molecule has 2 aromatic heterocycles. The molecule has 0 aliphatic carbocycles. The van der Waals surface area contributed by atoms with Crippen molar-refractivity contribution in [3.63, 3.8) is 0 Å². The van der Waals surface area contributed by atoms with Gasteiger partial charge in [0, 0.05) is 7.05 Å². The van der Waals surface area contributed by atoms with Gasteiger partial charge in [-0.2, -0.15) is 10.2 Å². The highest BCUT2D eigenvalue weighted by Crippen LogP contribution is 2.02. The minimum atomic E-state index is -0.464. The van der Waals surface area contributed by atoms with Crippen LogP contribution < -0.4 is 11.3 Å². The second-order valence-corrected chi connectivity index (χ2v) is 2.33. The van der Waals surface area contributed by atoms with Gasteiger partial charge in [-0.25, -0.2) is 0 Å². The van der Waals surface area contributed by atoms with Crippen LogP contribution in [0, 0.1) is 0 Å². The van der Waals surface area contributed by atoms with Crippen molar-refractivity contribution in [2.45, 2.75) is 0 Å². The van der Waals surface area contributed by atoms with Crippen LogP contribution in [0.2, 0.25) is 0 Å². The standard InChI is InChI=1S/C5H6N6O/c1-11-3-2(8-10-9-3)4(12)7-5(11)6/h1H3,(H2,6,7,12)(H,8,9,10). The summed E-state index contributed by atoms with van der Waals surface area (Å²) < 4.78 is 1.49. The summed E-state index contributed by atoms with van der Waals surface area (Å²) in [6, 6.07) is 0. The molecule has 2 heterocycles. The second-order valence-electron chi connectivity index (χ2n) is 2.33. The Labute approximate surface area is 66.2 Å². The number of aromatic nitrogens is 5. The van der Waals surface area contributed by atoms with E-state index >= 15 is 0 Å². The SMILES string of the molecule is Cn1c(N)nc(=O)c2n[nH]nc21. The van der Waals surface area contributed by atoms with E-state index < -0.39 is 5.56 Å². The number of fused-ring (bicyclic) bond motifs is 1. The lowest BCUT2D eigenvalue weighted by Crippen LogP contribution is -2.15. The number of aromatic amines is 1. The van der Waals surface area contributed by atoms with Crippen LogP contribution in [0.3, 0.4) is 0 Å². The van der Waals surface area contributed by atoms with Crippen molar-refractivity contribution in [2.24, 2.45) is 7.05 Å². The zero-order valence-corrected chi connectivity index (χ0v) is 6.27. The Kier molecular flexibility index (Phi) is 1.15. The summed E-state index contributed by atoms with van der Waals surface area (Å²) in [6.45, 7) is 0. The number of rotatable bonds is 0. The lowest BCUT2D eigenvalue weighted by Gasteiger charge is -1.99. The van der Waals surface area contributed by atoms with Gasteiger partial charge in [0.1, 0.15) is 0 Å². The number of nitrogen functional groups attached to an aromatic ring is 1. The third kappa shape index (κ3) is 0.698. The summed E-state index contributed by atoms with van der Waals surface area (Å²) >= 11 is 0. The van der Waals surface area contributed by atoms with E-state index in [1.54, 1.807) is 7.05 Å². The van der Waals surface area contributed by atoms with Gasteiger partial charge in [0.05, 0.1) is 0 Å². The first-order valence-electron chi connectivity index (χ1n) is 3.23. The van der Waals surface area contributed by atoms with E-state index in [4.69, 9.17) is 5.73 Å². The van der Waals surface area contributed by atoms with Crippen LogP contribution in [0.1, 0.15) is 0 Å². The molecule has 0 aromatic carbocycles. The molecule has 7 heteroatoms. The third-order valence-electron chi connectivity index (χ3n) is 1.61. The number of hydrogen-bond acceptors (Lipinski definition) is 5. The van der Waals surface area contributed by atoms with Gasteiger partial charge in [0.2, 0.25) is 5.95 Å². The molecular formula is C5H6N6O. The number of aryl methyl sites for hydroxylation is 1. The second kappa shape index (κ2) is 2.03. The zero-order chi connectivity index (χ0) is 8.72. The molecule has 12 heavy (non-hydrogen) atoms. The highest BCUT2D eigenvalue weighted by atomic mass is 16.1. The van der Waals surface area contributed by atoms with Gasteiger partial charge in [-0.15, -0.1) is 10.2 Å². The number of H-pyrrole nitrogens is 1. The maximum atomic E-state index is 11.1. The van der Waals surface area contributed by atoms with E-state index in [1.165, 1.54) is 4.57 Å². The van der Waals surface area contributed by atoms with Gasteiger partial charge in [-0.1, -0.05) is 0 Å². The van der Waals surface area contributed by atoms with Gasteiger partial charge >= 0.3 is 5.56 Å². The Morgan fingerprint density at radius 2 is 2.25 bits per heavy atom. The largest absolute Gasteiger partial charge is 0.369 e. The fourth-order valence-electron chi connectivity index (χ4n) is 0.943. The van der Waals surface area contributed by atoms with Crippen LogP contribution in [0.15, 0.2) is 4.79 Å². The smallest absolute Gasteiger partial charge is 0.304 e. The molecular weight excluding hydrogens is 160 g/mol. The molecule has 0 spiro atoms. The van der Waals surface area contributed by atoms with Crippen molar-refractivity contribution >= 4 is 17.1 Å². The first-order valence-corrected chi connectivity index (χ1v) is 3.23. The molecule has 0 fully saturated rings.